The molecule has 0 radical (unpaired) electrons. The molecule has 0 aromatic heterocycles. The third-order valence-electron chi connectivity index (χ3n) is 5.50. The number of amides is 1. The third-order valence-corrected chi connectivity index (χ3v) is 7.42. The predicted molar refractivity (Wildman–Crippen MR) is 115 cm³/mol. The first-order chi connectivity index (χ1) is 14.3. The van der Waals surface area contributed by atoms with Crippen LogP contribution in [-0.2, 0) is 16.4 Å². The van der Waals surface area contributed by atoms with E-state index in [2.05, 4.69) is 5.32 Å². The van der Waals surface area contributed by atoms with Crippen molar-refractivity contribution in [2.24, 2.45) is 0 Å². The zero-order valence-electron chi connectivity index (χ0n) is 16.5. The molecule has 2 aliphatic rings. The minimum absolute atomic E-state index is 0.0608. The molecular formula is C23H20N2O4S. The molecule has 0 saturated carbocycles. The maximum atomic E-state index is 13.5. The molecule has 152 valence electrons. The highest BCUT2D eigenvalue weighted by molar-refractivity contribution is 7.92. The molecule has 7 heteroatoms. The number of aryl methyl sites for hydroxylation is 1. The summed E-state index contributed by atoms with van der Waals surface area (Å²) in [6.45, 7) is 3.81. The Kier molecular flexibility index (Phi) is 4.11. The average Bonchev–Trinajstić information content (AvgIpc) is 2.99. The molecule has 0 fully saturated rings. The normalized spacial score (nSPS) is 17.3. The molecule has 0 aliphatic carbocycles. The number of anilines is 2. The fourth-order valence-electron chi connectivity index (χ4n) is 4.09. The lowest BCUT2D eigenvalue weighted by atomic mass is 10.1. The molecular weight excluding hydrogens is 400 g/mol. The number of carbonyl (C=O) groups is 1. The van der Waals surface area contributed by atoms with Gasteiger partial charge in [-0.1, -0.05) is 24.3 Å². The lowest BCUT2D eigenvalue weighted by molar-refractivity contribution is 0.102. The molecule has 0 saturated heterocycles. The van der Waals surface area contributed by atoms with E-state index in [1.54, 1.807) is 12.1 Å². The number of sulfonamides is 1. The Morgan fingerprint density at radius 2 is 1.80 bits per heavy atom. The van der Waals surface area contributed by atoms with Crippen LogP contribution in [0.25, 0.3) is 0 Å². The molecule has 1 N–H and O–H groups in total. The SMILES string of the molecule is Cc1ccc2c(c1)NC(=O)c1cc(S(=O)(=O)N3c4ccccc4CC3C)ccc1O2. The Morgan fingerprint density at radius 3 is 2.63 bits per heavy atom. The standard InChI is InChI=1S/C23H20N2O4S/c1-14-7-9-22-19(11-14)24-23(26)18-13-17(8-10-21(18)29-22)30(27,28)25-15(2)12-16-5-3-4-6-20(16)25/h3-11,13,15H,12H2,1-2H3,(H,24,26). The number of nitrogens with zero attached hydrogens (tertiary/aromatic N) is 1. The second-order valence-electron chi connectivity index (χ2n) is 7.70. The van der Waals surface area contributed by atoms with Crippen LogP contribution < -0.4 is 14.4 Å². The van der Waals surface area contributed by atoms with Crippen molar-refractivity contribution in [2.75, 3.05) is 9.62 Å². The maximum Gasteiger partial charge on any atom is 0.264 e. The second-order valence-corrected chi connectivity index (χ2v) is 9.51. The fraction of sp³-hybridized carbons (Fsp3) is 0.174. The minimum Gasteiger partial charge on any atom is -0.454 e. The van der Waals surface area contributed by atoms with Gasteiger partial charge in [0.05, 0.1) is 21.8 Å². The molecule has 2 aliphatic heterocycles. The molecule has 2 heterocycles. The van der Waals surface area contributed by atoms with Crippen molar-refractivity contribution < 1.29 is 17.9 Å². The van der Waals surface area contributed by atoms with E-state index in [1.165, 1.54) is 16.4 Å². The summed E-state index contributed by atoms with van der Waals surface area (Å²) < 4.78 is 34.4. The lowest BCUT2D eigenvalue weighted by Gasteiger charge is -2.24. The summed E-state index contributed by atoms with van der Waals surface area (Å²) in [7, 11) is -3.85. The number of fused-ring (bicyclic) bond motifs is 3. The van der Waals surface area contributed by atoms with Crippen LogP contribution >= 0.6 is 0 Å². The second kappa shape index (κ2) is 6.60. The van der Waals surface area contributed by atoms with Crippen LogP contribution in [0.5, 0.6) is 11.5 Å². The van der Waals surface area contributed by atoms with E-state index in [4.69, 9.17) is 4.74 Å². The molecule has 1 atom stereocenters. The maximum absolute atomic E-state index is 13.5. The van der Waals surface area contributed by atoms with Crippen molar-refractivity contribution in [3.8, 4) is 11.5 Å². The molecule has 1 amide bonds. The Hall–Kier alpha value is -3.32. The fourth-order valence-corrected chi connectivity index (χ4v) is 5.81. The molecule has 6 nitrogen and oxygen atoms in total. The van der Waals surface area contributed by atoms with E-state index in [1.807, 2.05) is 50.2 Å². The monoisotopic (exact) mass is 420 g/mol. The van der Waals surface area contributed by atoms with Crippen LogP contribution in [0.3, 0.4) is 0 Å². The summed E-state index contributed by atoms with van der Waals surface area (Å²) in [4.78, 5) is 12.9. The smallest absolute Gasteiger partial charge is 0.264 e. The van der Waals surface area contributed by atoms with Gasteiger partial charge in [-0.05, 0) is 67.8 Å². The van der Waals surface area contributed by atoms with E-state index in [0.717, 1.165) is 11.1 Å². The van der Waals surface area contributed by atoms with Crippen LogP contribution in [0.1, 0.15) is 28.4 Å². The van der Waals surface area contributed by atoms with Crippen molar-refractivity contribution in [3.05, 3.63) is 77.4 Å². The van der Waals surface area contributed by atoms with E-state index in [0.29, 0.717) is 29.3 Å². The Labute approximate surface area is 175 Å². The number of hydrogen-bond donors (Lipinski definition) is 1. The summed E-state index contributed by atoms with van der Waals surface area (Å²) >= 11 is 0. The summed E-state index contributed by atoms with van der Waals surface area (Å²) in [6.07, 6.45) is 0.651. The van der Waals surface area contributed by atoms with Crippen molar-refractivity contribution >= 4 is 27.3 Å². The number of para-hydroxylation sites is 1. The molecule has 30 heavy (non-hydrogen) atoms. The van der Waals surface area contributed by atoms with Gasteiger partial charge in [-0.15, -0.1) is 0 Å². The average molecular weight is 420 g/mol. The molecule has 0 spiro atoms. The van der Waals surface area contributed by atoms with E-state index in [-0.39, 0.29) is 16.5 Å². The first-order valence-electron chi connectivity index (χ1n) is 9.71. The van der Waals surface area contributed by atoms with Gasteiger partial charge < -0.3 is 10.1 Å². The Bertz CT molecular complexity index is 1300. The van der Waals surface area contributed by atoms with Crippen LogP contribution in [0.2, 0.25) is 0 Å². The molecule has 1 unspecified atom stereocenters. The molecule has 0 bridgehead atoms. The van der Waals surface area contributed by atoms with Crippen LogP contribution in [0.4, 0.5) is 11.4 Å². The largest absolute Gasteiger partial charge is 0.454 e. The minimum atomic E-state index is -3.85. The van der Waals surface area contributed by atoms with Gasteiger partial charge in [0, 0.05) is 6.04 Å². The number of nitrogens with one attached hydrogen (secondary N) is 1. The van der Waals surface area contributed by atoms with Crippen LogP contribution in [0.15, 0.2) is 65.6 Å². The van der Waals surface area contributed by atoms with Gasteiger partial charge in [-0.25, -0.2) is 8.42 Å². The Balaban J connectivity index is 1.58. The Morgan fingerprint density at radius 1 is 1.03 bits per heavy atom. The zero-order chi connectivity index (χ0) is 21.0. The number of benzene rings is 3. The van der Waals surface area contributed by atoms with Gasteiger partial charge in [-0.3, -0.25) is 9.10 Å². The first kappa shape index (κ1) is 18.7. The van der Waals surface area contributed by atoms with Gasteiger partial charge in [0.2, 0.25) is 0 Å². The number of carbonyl (C=O) groups excluding carboxylic acids is 1. The predicted octanol–water partition coefficient (Wildman–Crippen LogP) is 4.49. The quantitative estimate of drug-likeness (QED) is 0.663. The van der Waals surface area contributed by atoms with Crippen molar-refractivity contribution in [3.63, 3.8) is 0 Å². The summed E-state index contributed by atoms with van der Waals surface area (Å²) in [5, 5.41) is 2.82. The summed E-state index contributed by atoms with van der Waals surface area (Å²) in [5.41, 5.74) is 3.40. The van der Waals surface area contributed by atoms with Crippen LogP contribution in [-0.4, -0.2) is 20.4 Å². The first-order valence-corrected chi connectivity index (χ1v) is 11.1. The van der Waals surface area contributed by atoms with Crippen molar-refractivity contribution in [1.82, 2.24) is 0 Å². The van der Waals surface area contributed by atoms with E-state index in [9.17, 15) is 13.2 Å². The molecule has 5 rings (SSSR count). The van der Waals surface area contributed by atoms with Gasteiger partial charge in [0.25, 0.3) is 15.9 Å². The number of rotatable bonds is 2. The highest BCUT2D eigenvalue weighted by atomic mass is 32.2. The van der Waals surface area contributed by atoms with Gasteiger partial charge in [-0.2, -0.15) is 0 Å². The highest BCUT2D eigenvalue weighted by Crippen LogP contribution is 2.40. The van der Waals surface area contributed by atoms with Gasteiger partial charge in [0.15, 0.2) is 5.75 Å². The van der Waals surface area contributed by atoms with Crippen molar-refractivity contribution in [2.45, 2.75) is 31.2 Å². The lowest BCUT2D eigenvalue weighted by Crippen LogP contribution is -2.35. The zero-order valence-corrected chi connectivity index (χ0v) is 17.4. The third kappa shape index (κ3) is 2.85. The van der Waals surface area contributed by atoms with Gasteiger partial charge >= 0.3 is 0 Å². The number of ether oxygens (including phenoxy) is 1. The molecule has 3 aromatic carbocycles. The van der Waals surface area contributed by atoms with E-state index >= 15 is 0 Å². The summed E-state index contributed by atoms with van der Waals surface area (Å²) in [6, 6.07) is 17.2. The van der Waals surface area contributed by atoms with Crippen molar-refractivity contribution in [1.29, 1.82) is 0 Å². The highest BCUT2D eigenvalue weighted by Gasteiger charge is 2.36. The van der Waals surface area contributed by atoms with E-state index < -0.39 is 15.9 Å². The molecule has 3 aromatic rings. The van der Waals surface area contributed by atoms with Crippen LogP contribution in [0, 0.1) is 6.92 Å². The van der Waals surface area contributed by atoms with Gasteiger partial charge in [0.1, 0.15) is 5.75 Å². The summed E-state index contributed by atoms with van der Waals surface area (Å²) in [5.74, 6) is 0.440. The topological polar surface area (TPSA) is 75.7 Å². The number of hydrogen-bond acceptors (Lipinski definition) is 4.